The van der Waals surface area contributed by atoms with Crippen molar-refractivity contribution >= 4 is 37.7 Å². The van der Waals surface area contributed by atoms with Gasteiger partial charge in [-0.1, -0.05) is 54.6 Å². The van der Waals surface area contributed by atoms with E-state index in [0.29, 0.717) is 29.6 Å². The van der Waals surface area contributed by atoms with Crippen LogP contribution in [0.2, 0.25) is 0 Å². The van der Waals surface area contributed by atoms with Crippen molar-refractivity contribution in [2.24, 2.45) is 0 Å². The second-order valence-corrected chi connectivity index (χ2v) is 12.8. The van der Waals surface area contributed by atoms with Gasteiger partial charge in [-0.3, -0.25) is 9.59 Å². The predicted molar refractivity (Wildman–Crippen MR) is 165 cm³/mol. The lowest BCUT2D eigenvalue weighted by molar-refractivity contribution is -0.132. The average molecular weight is 615 g/mol. The highest BCUT2D eigenvalue weighted by molar-refractivity contribution is 7.89. The van der Waals surface area contributed by atoms with Crippen LogP contribution in [0.1, 0.15) is 24.0 Å². The SMILES string of the molecule is O=C(CN(C[C@H]1CCCO1)S(=O)(=O)c1ccc2ccccc2c1)N(Cc1ccc(F)cc1)Cc1coc2ccccc2c1=O. The van der Waals surface area contributed by atoms with Crippen LogP contribution in [0.15, 0.2) is 111 Å². The summed E-state index contributed by atoms with van der Waals surface area (Å²) in [5, 5.41) is 2.03. The predicted octanol–water partition coefficient (Wildman–Crippen LogP) is 5.48. The molecule has 5 aromatic rings. The third-order valence-electron chi connectivity index (χ3n) is 7.85. The van der Waals surface area contributed by atoms with Gasteiger partial charge in [-0.05, 0) is 65.6 Å². The number of carbonyl (C=O) groups excluding carboxylic acids is 1. The Balaban J connectivity index is 1.34. The number of rotatable bonds is 10. The highest BCUT2D eigenvalue weighted by atomic mass is 32.2. The van der Waals surface area contributed by atoms with Crippen molar-refractivity contribution in [3.63, 3.8) is 0 Å². The quantitative estimate of drug-likeness (QED) is 0.207. The Morgan fingerprint density at radius 2 is 1.66 bits per heavy atom. The first-order valence-electron chi connectivity index (χ1n) is 14.4. The number of fused-ring (bicyclic) bond motifs is 2. The molecule has 4 aromatic carbocycles. The smallest absolute Gasteiger partial charge is 0.243 e. The first-order chi connectivity index (χ1) is 21.3. The van der Waals surface area contributed by atoms with E-state index in [-0.39, 0.29) is 41.6 Å². The highest BCUT2D eigenvalue weighted by Gasteiger charge is 2.32. The summed E-state index contributed by atoms with van der Waals surface area (Å²) in [7, 11) is -4.12. The minimum atomic E-state index is -4.12. The van der Waals surface area contributed by atoms with Gasteiger partial charge in [0, 0.05) is 19.7 Å². The molecule has 1 atom stereocenters. The Hall–Kier alpha value is -4.38. The molecule has 0 bridgehead atoms. The van der Waals surface area contributed by atoms with Crippen molar-refractivity contribution in [1.82, 2.24) is 9.21 Å². The van der Waals surface area contributed by atoms with Gasteiger partial charge in [0.15, 0.2) is 5.43 Å². The molecule has 1 saturated heterocycles. The molecular weight excluding hydrogens is 583 g/mol. The monoisotopic (exact) mass is 614 g/mol. The van der Waals surface area contributed by atoms with Crippen LogP contribution in [0.3, 0.4) is 0 Å². The van der Waals surface area contributed by atoms with Crippen LogP contribution < -0.4 is 5.43 Å². The zero-order valence-corrected chi connectivity index (χ0v) is 24.7. The van der Waals surface area contributed by atoms with Gasteiger partial charge in [-0.25, -0.2) is 12.8 Å². The largest absolute Gasteiger partial charge is 0.464 e. The van der Waals surface area contributed by atoms with E-state index < -0.39 is 28.3 Å². The van der Waals surface area contributed by atoms with E-state index >= 15 is 0 Å². The van der Waals surface area contributed by atoms with Crippen molar-refractivity contribution < 1.29 is 26.8 Å². The molecule has 2 heterocycles. The lowest BCUT2D eigenvalue weighted by Crippen LogP contribution is -2.45. The molecule has 1 amide bonds. The molecule has 0 aliphatic carbocycles. The summed E-state index contributed by atoms with van der Waals surface area (Å²) in [4.78, 5) is 28.8. The van der Waals surface area contributed by atoms with Gasteiger partial charge in [0.2, 0.25) is 15.9 Å². The number of carbonyl (C=O) groups is 1. The van der Waals surface area contributed by atoms with Gasteiger partial charge < -0.3 is 14.1 Å². The van der Waals surface area contributed by atoms with Gasteiger partial charge >= 0.3 is 0 Å². The maximum atomic E-state index is 14.1. The van der Waals surface area contributed by atoms with Crippen molar-refractivity contribution in [3.05, 3.63) is 124 Å². The minimum absolute atomic E-state index is 0.00337. The van der Waals surface area contributed by atoms with Gasteiger partial charge in [0.05, 0.1) is 41.3 Å². The van der Waals surface area contributed by atoms with E-state index in [2.05, 4.69) is 0 Å². The van der Waals surface area contributed by atoms with E-state index in [1.807, 2.05) is 24.3 Å². The maximum Gasteiger partial charge on any atom is 0.243 e. The van der Waals surface area contributed by atoms with Crippen LogP contribution in [0, 0.1) is 5.82 Å². The van der Waals surface area contributed by atoms with Crippen LogP contribution in [-0.4, -0.2) is 49.3 Å². The molecule has 44 heavy (non-hydrogen) atoms. The number of halogens is 1. The number of hydrogen-bond donors (Lipinski definition) is 0. The molecule has 0 unspecified atom stereocenters. The number of ether oxygens (including phenoxy) is 1. The van der Waals surface area contributed by atoms with Crippen molar-refractivity contribution in [3.8, 4) is 0 Å². The van der Waals surface area contributed by atoms with Crippen LogP contribution in [0.5, 0.6) is 0 Å². The molecule has 0 radical (unpaired) electrons. The zero-order chi connectivity index (χ0) is 30.7. The number of amides is 1. The van der Waals surface area contributed by atoms with E-state index in [1.165, 1.54) is 23.3 Å². The molecule has 1 aliphatic rings. The second kappa shape index (κ2) is 12.7. The standard InChI is InChI=1S/C34H31FN2O6S/c35-28-14-11-24(12-15-28)19-36(20-27-23-43-32-10-4-3-9-31(32)34(27)39)33(38)22-37(21-29-8-5-17-42-29)44(40,41)30-16-13-25-6-1-2-7-26(25)18-30/h1-4,6-7,9-16,18,23,29H,5,8,17,19-22H2/t29-/m1/s1. The van der Waals surface area contributed by atoms with Crippen LogP contribution >= 0.6 is 0 Å². The number of benzene rings is 4. The summed E-state index contributed by atoms with van der Waals surface area (Å²) >= 11 is 0. The fourth-order valence-corrected chi connectivity index (χ4v) is 6.92. The van der Waals surface area contributed by atoms with Gasteiger partial charge in [0.1, 0.15) is 11.4 Å². The molecule has 0 saturated carbocycles. The topological polar surface area (TPSA) is 97.1 Å². The second-order valence-electron chi connectivity index (χ2n) is 10.9. The summed E-state index contributed by atoms with van der Waals surface area (Å²) in [6.07, 6.45) is 2.45. The van der Waals surface area contributed by atoms with Crippen molar-refractivity contribution in [2.75, 3.05) is 19.7 Å². The Bertz CT molecular complexity index is 1970. The third kappa shape index (κ3) is 6.42. The van der Waals surface area contributed by atoms with E-state index in [0.717, 1.165) is 21.5 Å². The van der Waals surface area contributed by atoms with Gasteiger partial charge in [-0.2, -0.15) is 4.31 Å². The molecule has 226 valence electrons. The molecule has 0 spiro atoms. The van der Waals surface area contributed by atoms with Gasteiger partial charge in [0.25, 0.3) is 0 Å². The van der Waals surface area contributed by atoms with E-state index in [4.69, 9.17) is 9.15 Å². The Kier molecular flexibility index (Phi) is 8.56. The first-order valence-corrected chi connectivity index (χ1v) is 15.8. The lowest BCUT2D eigenvalue weighted by Gasteiger charge is -2.28. The van der Waals surface area contributed by atoms with E-state index in [1.54, 1.807) is 54.6 Å². The van der Waals surface area contributed by atoms with Crippen LogP contribution in [-0.2, 0) is 32.6 Å². The average Bonchev–Trinajstić information content (AvgIpc) is 3.56. The molecule has 0 N–H and O–H groups in total. The number of para-hydroxylation sites is 1. The Labute approximate surface area is 254 Å². The molecule has 10 heteroatoms. The van der Waals surface area contributed by atoms with E-state index in [9.17, 15) is 22.4 Å². The Morgan fingerprint density at radius 1 is 0.909 bits per heavy atom. The maximum absolute atomic E-state index is 14.1. The van der Waals surface area contributed by atoms with Crippen molar-refractivity contribution in [2.45, 2.75) is 36.9 Å². The van der Waals surface area contributed by atoms with Crippen LogP contribution in [0.4, 0.5) is 4.39 Å². The number of hydrogen-bond acceptors (Lipinski definition) is 6. The summed E-state index contributed by atoms with van der Waals surface area (Å²) in [5.74, 6) is -0.949. The Morgan fingerprint density at radius 3 is 2.43 bits per heavy atom. The number of sulfonamides is 1. The first kappa shape index (κ1) is 29.7. The van der Waals surface area contributed by atoms with Gasteiger partial charge in [-0.15, -0.1) is 0 Å². The molecular formula is C34H31FN2O6S. The van der Waals surface area contributed by atoms with Crippen molar-refractivity contribution in [1.29, 1.82) is 0 Å². The fraction of sp³-hybridized carbons (Fsp3) is 0.235. The number of nitrogens with zero attached hydrogens (tertiary/aromatic N) is 2. The molecule has 1 fully saturated rings. The minimum Gasteiger partial charge on any atom is -0.464 e. The zero-order valence-electron chi connectivity index (χ0n) is 23.9. The van der Waals surface area contributed by atoms with Crippen LogP contribution in [0.25, 0.3) is 21.7 Å². The lowest BCUT2D eigenvalue weighted by atomic mass is 10.1. The highest BCUT2D eigenvalue weighted by Crippen LogP contribution is 2.25. The summed E-state index contributed by atoms with van der Waals surface area (Å²) in [5.41, 5.74) is 0.987. The molecule has 6 rings (SSSR count). The molecule has 8 nitrogen and oxygen atoms in total. The summed E-state index contributed by atoms with van der Waals surface area (Å²) in [6, 6.07) is 24.8. The molecule has 1 aromatic heterocycles. The molecule has 1 aliphatic heterocycles. The summed E-state index contributed by atoms with van der Waals surface area (Å²) < 4.78 is 54.4. The third-order valence-corrected chi connectivity index (χ3v) is 9.66. The normalized spacial score (nSPS) is 15.3. The fourth-order valence-electron chi connectivity index (χ4n) is 5.47. The summed E-state index contributed by atoms with van der Waals surface area (Å²) in [6.45, 7) is -0.0578.